The van der Waals surface area contributed by atoms with Gasteiger partial charge in [0, 0.05) is 18.0 Å². The summed E-state index contributed by atoms with van der Waals surface area (Å²) in [7, 11) is 0. The maximum absolute atomic E-state index is 13.9. The van der Waals surface area contributed by atoms with Gasteiger partial charge in [-0.25, -0.2) is 4.79 Å². The summed E-state index contributed by atoms with van der Waals surface area (Å²) in [4.78, 5) is 53.2. The van der Waals surface area contributed by atoms with E-state index in [9.17, 15) is 19.2 Å². The number of rotatable bonds is 11. The lowest BCUT2D eigenvalue weighted by molar-refractivity contribution is -0.133. The Bertz CT molecular complexity index is 1310. The highest BCUT2D eigenvalue weighted by atomic mass is 16.5. The Morgan fingerprint density at radius 2 is 1.37 bits per heavy atom. The molecule has 0 aromatic heterocycles. The van der Waals surface area contributed by atoms with Crippen LogP contribution in [0.3, 0.4) is 0 Å². The summed E-state index contributed by atoms with van der Waals surface area (Å²) in [6, 6.07) is 25.4. The van der Waals surface area contributed by atoms with Crippen molar-refractivity contribution >= 4 is 23.7 Å². The Balaban J connectivity index is 1.55. The van der Waals surface area contributed by atoms with Gasteiger partial charge in [0.05, 0.1) is 5.56 Å². The van der Waals surface area contributed by atoms with Crippen molar-refractivity contribution in [3.05, 3.63) is 108 Å². The minimum atomic E-state index is -1.67. The van der Waals surface area contributed by atoms with Gasteiger partial charge in [0.25, 0.3) is 5.91 Å². The molecule has 0 heterocycles. The van der Waals surface area contributed by atoms with Gasteiger partial charge < -0.3 is 20.7 Å². The number of carbonyl (C=O) groups excluding carboxylic acids is 4. The molecular formula is C33H37N3O5. The SMILES string of the molecule is C[C@](COC(=O)c1ccccc1)(NC(=O)c1ccccc1)C(=O)N[C@@H](Cc1ccccc1)C(=O)NC1CCCCC1. The number of hydrogen-bond acceptors (Lipinski definition) is 5. The van der Waals surface area contributed by atoms with E-state index in [-0.39, 0.29) is 18.4 Å². The van der Waals surface area contributed by atoms with Gasteiger partial charge in [-0.1, -0.05) is 86.0 Å². The molecule has 1 aliphatic rings. The molecule has 0 saturated heterocycles. The number of carbonyl (C=O) groups is 4. The summed E-state index contributed by atoms with van der Waals surface area (Å²) in [5.41, 5.74) is -0.130. The highest BCUT2D eigenvalue weighted by Gasteiger charge is 2.39. The molecule has 4 rings (SSSR count). The quantitative estimate of drug-likeness (QED) is 0.307. The molecule has 1 fully saturated rings. The molecule has 3 aromatic rings. The van der Waals surface area contributed by atoms with Crippen molar-refractivity contribution in [3.8, 4) is 0 Å². The number of esters is 1. The normalized spacial score (nSPS) is 15.5. The number of ether oxygens (including phenoxy) is 1. The average molecular weight is 556 g/mol. The molecule has 3 aromatic carbocycles. The first kappa shape index (κ1) is 29.5. The lowest BCUT2D eigenvalue weighted by Gasteiger charge is -2.32. The van der Waals surface area contributed by atoms with E-state index < -0.39 is 36.0 Å². The van der Waals surface area contributed by atoms with Crippen LogP contribution in [-0.2, 0) is 20.7 Å². The summed E-state index contributed by atoms with van der Waals surface area (Å²) in [5, 5.41) is 8.71. The Labute approximate surface area is 240 Å². The van der Waals surface area contributed by atoms with Crippen LogP contribution in [0.4, 0.5) is 0 Å². The van der Waals surface area contributed by atoms with E-state index in [2.05, 4.69) is 16.0 Å². The minimum Gasteiger partial charge on any atom is -0.459 e. The van der Waals surface area contributed by atoms with Gasteiger partial charge in [-0.05, 0) is 49.6 Å². The van der Waals surface area contributed by atoms with Gasteiger partial charge in [-0.2, -0.15) is 0 Å². The zero-order valence-corrected chi connectivity index (χ0v) is 23.3. The first-order valence-corrected chi connectivity index (χ1v) is 14.1. The first-order valence-electron chi connectivity index (χ1n) is 14.1. The van der Waals surface area contributed by atoms with Crippen molar-refractivity contribution in [2.45, 2.75) is 63.1 Å². The first-order chi connectivity index (χ1) is 19.8. The Morgan fingerprint density at radius 3 is 1.98 bits per heavy atom. The molecule has 214 valence electrons. The van der Waals surface area contributed by atoms with E-state index >= 15 is 0 Å². The van der Waals surface area contributed by atoms with E-state index in [1.165, 1.54) is 6.92 Å². The smallest absolute Gasteiger partial charge is 0.338 e. The number of hydrogen-bond donors (Lipinski definition) is 3. The summed E-state index contributed by atoms with van der Waals surface area (Å²) in [5.74, 6) is -2.06. The molecule has 0 radical (unpaired) electrons. The van der Waals surface area contributed by atoms with E-state index in [0.29, 0.717) is 11.1 Å². The summed E-state index contributed by atoms with van der Waals surface area (Å²) < 4.78 is 5.52. The van der Waals surface area contributed by atoms with Crippen LogP contribution in [-0.4, -0.2) is 47.9 Å². The predicted molar refractivity (Wildman–Crippen MR) is 156 cm³/mol. The standard InChI is InChI=1S/C33H37N3O5/c1-33(36-29(37)25-16-8-3-9-17-25,23-41-31(39)26-18-10-4-11-19-26)32(40)35-28(22-24-14-6-2-7-15-24)30(38)34-27-20-12-5-13-21-27/h2-4,6-11,14-19,27-28H,5,12-13,20-23H2,1H3,(H,34,38)(H,35,40)(H,36,37)/t28-,33+/m0/s1. The Hall–Kier alpha value is -4.46. The van der Waals surface area contributed by atoms with E-state index in [1.807, 2.05) is 30.3 Å². The van der Waals surface area contributed by atoms with Crippen LogP contribution in [0.5, 0.6) is 0 Å². The van der Waals surface area contributed by atoms with Crippen molar-refractivity contribution in [1.29, 1.82) is 0 Å². The second-order valence-corrected chi connectivity index (χ2v) is 10.7. The molecule has 8 nitrogen and oxygen atoms in total. The maximum Gasteiger partial charge on any atom is 0.338 e. The zero-order valence-electron chi connectivity index (χ0n) is 23.3. The lowest BCUT2D eigenvalue weighted by atomic mass is 9.94. The molecule has 0 unspecified atom stereocenters. The van der Waals surface area contributed by atoms with Crippen LogP contribution >= 0.6 is 0 Å². The van der Waals surface area contributed by atoms with Gasteiger partial charge in [0.2, 0.25) is 11.8 Å². The largest absolute Gasteiger partial charge is 0.459 e. The van der Waals surface area contributed by atoms with Crippen LogP contribution in [0.2, 0.25) is 0 Å². The van der Waals surface area contributed by atoms with Gasteiger partial charge in [-0.3, -0.25) is 14.4 Å². The Kier molecular flexibility index (Phi) is 10.3. The molecule has 1 aliphatic carbocycles. The molecule has 2 atom stereocenters. The zero-order chi connectivity index (χ0) is 29.1. The topological polar surface area (TPSA) is 114 Å². The number of nitrogens with one attached hydrogen (secondary N) is 3. The molecule has 41 heavy (non-hydrogen) atoms. The third kappa shape index (κ3) is 8.51. The van der Waals surface area contributed by atoms with Crippen LogP contribution in [0.25, 0.3) is 0 Å². The van der Waals surface area contributed by atoms with Crippen molar-refractivity contribution in [2.24, 2.45) is 0 Å². The molecule has 3 N–H and O–H groups in total. The van der Waals surface area contributed by atoms with E-state index in [1.54, 1.807) is 60.7 Å². The second kappa shape index (κ2) is 14.3. The van der Waals surface area contributed by atoms with Crippen LogP contribution in [0, 0.1) is 0 Å². The fourth-order valence-corrected chi connectivity index (χ4v) is 4.86. The molecule has 3 amide bonds. The maximum atomic E-state index is 13.9. The Morgan fingerprint density at radius 1 is 0.805 bits per heavy atom. The van der Waals surface area contributed by atoms with Gasteiger partial charge in [-0.15, -0.1) is 0 Å². The van der Waals surface area contributed by atoms with E-state index in [4.69, 9.17) is 4.74 Å². The summed E-state index contributed by atoms with van der Waals surface area (Å²) >= 11 is 0. The average Bonchev–Trinajstić information content (AvgIpc) is 3.01. The minimum absolute atomic E-state index is 0.0578. The molecule has 8 heteroatoms. The van der Waals surface area contributed by atoms with Gasteiger partial charge in [0.1, 0.15) is 12.6 Å². The second-order valence-electron chi connectivity index (χ2n) is 10.7. The van der Waals surface area contributed by atoms with Gasteiger partial charge in [0.15, 0.2) is 5.54 Å². The fraction of sp³-hybridized carbons (Fsp3) is 0.333. The molecule has 0 bridgehead atoms. The number of amides is 3. The monoisotopic (exact) mass is 555 g/mol. The van der Waals surface area contributed by atoms with Crippen molar-refractivity contribution in [1.82, 2.24) is 16.0 Å². The summed E-state index contributed by atoms with van der Waals surface area (Å²) in [6.45, 7) is 1.05. The molecular weight excluding hydrogens is 518 g/mol. The lowest BCUT2D eigenvalue weighted by Crippen LogP contribution is -2.63. The van der Waals surface area contributed by atoms with Crippen molar-refractivity contribution in [3.63, 3.8) is 0 Å². The fourth-order valence-electron chi connectivity index (χ4n) is 4.86. The highest BCUT2D eigenvalue weighted by Crippen LogP contribution is 2.18. The molecule has 0 aliphatic heterocycles. The van der Waals surface area contributed by atoms with E-state index in [0.717, 1.165) is 37.7 Å². The third-order valence-electron chi connectivity index (χ3n) is 7.28. The van der Waals surface area contributed by atoms with Gasteiger partial charge >= 0.3 is 5.97 Å². The van der Waals surface area contributed by atoms with Crippen LogP contribution in [0.1, 0.15) is 65.3 Å². The van der Waals surface area contributed by atoms with Crippen LogP contribution in [0.15, 0.2) is 91.0 Å². The number of benzene rings is 3. The highest BCUT2D eigenvalue weighted by molar-refractivity contribution is 6.00. The third-order valence-corrected chi connectivity index (χ3v) is 7.28. The molecule has 0 spiro atoms. The van der Waals surface area contributed by atoms with Crippen molar-refractivity contribution < 1.29 is 23.9 Å². The van der Waals surface area contributed by atoms with Crippen molar-refractivity contribution in [2.75, 3.05) is 6.61 Å². The summed E-state index contributed by atoms with van der Waals surface area (Å²) in [6.07, 6.45) is 5.32. The molecule has 1 saturated carbocycles. The van der Waals surface area contributed by atoms with Crippen LogP contribution < -0.4 is 16.0 Å². The predicted octanol–water partition coefficient (Wildman–Crippen LogP) is 4.21.